The number of benzene rings is 3. The van der Waals surface area contributed by atoms with Crippen LogP contribution in [0.25, 0.3) is 16.5 Å². The molecule has 1 N–H and O–H groups in total. The molecule has 4 rings (SSSR count). The first-order chi connectivity index (χ1) is 16.5. The number of rotatable bonds is 7. The van der Waals surface area contributed by atoms with Crippen LogP contribution < -0.4 is 15.6 Å². The summed E-state index contributed by atoms with van der Waals surface area (Å²) in [5.74, 6) is -0.639. The monoisotopic (exact) mass is 457 g/mol. The Balaban J connectivity index is 1.55. The Morgan fingerprint density at radius 1 is 0.941 bits per heavy atom. The van der Waals surface area contributed by atoms with Gasteiger partial charge in [0.15, 0.2) is 12.3 Å². The molecule has 8 heteroatoms. The SMILES string of the molecule is COc1ccccc1C(C)NC(=O)COC(=O)c1nn(-c2ccccc2)c(=O)c2ccccc12. The predicted octanol–water partition coefficient (Wildman–Crippen LogP) is 3.43. The molecule has 0 saturated carbocycles. The van der Waals surface area contributed by atoms with Crippen LogP contribution in [0.1, 0.15) is 29.0 Å². The van der Waals surface area contributed by atoms with Crippen LogP contribution in [0.5, 0.6) is 5.75 Å². The van der Waals surface area contributed by atoms with E-state index >= 15 is 0 Å². The molecule has 0 radical (unpaired) electrons. The molecule has 1 aromatic heterocycles. The minimum atomic E-state index is -0.805. The van der Waals surface area contributed by atoms with Gasteiger partial charge in [-0.15, -0.1) is 0 Å². The number of methoxy groups -OCH3 is 1. The van der Waals surface area contributed by atoms with Crippen molar-refractivity contribution in [3.8, 4) is 11.4 Å². The molecule has 0 spiro atoms. The second kappa shape index (κ2) is 9.99. The molecule has 3 aromatic carbocycles. The third-order valence-electron chi connectivity index (χ3n) is 5.32. The van der Waals surface area contributed by atoms with Gasteiger partial charge >= 0.3 is 5.97 Å². The number of aromatic nitrogens is 2. The molecule has 0 aliphatic heterocycles. The van der Waals surface area contributed by atoms with Gasteiger partial charge < -0.3 is 14.8 Å². The van der Waals surface area contributed by atoms with Gasteiger partial charge in [0.25, 0.3) is 11.5 Å². The van der Waals surface area contributed by atoms with E-state index in [-0.39, 0.29) is 17.3 Å². The Labute approximate surface area is 195 Å². The average molecular weight is 457 g/mol. The topological polar surface area (TPSA) is 99.5 Å². The maximum atomic E-state index is 13.0. The molecule has 1 unspecified atom stereocenters. The van der Waals surface area contributed by atoms with E-state index in [9.17, 15) is 14.4 Å². The summed E-state index contributed by atoms with van der Waals surface area (Å²) in [5, 5.41) is 7.73. The summed E-state index contributed by atoms with van der Waals surface area (Å²) in [6.45, 7) is 1.31. The average Bonchev–Trinajstić information content (AvgIpc) is 2.88. The fraction of sp³-hybridized carbons (Fsp3) is 0.154. The van der Waals surface area contributed by atoms with Crippen molar-refractivity contribution in [2.75, 3.05) is 13.7 Å². The second-order valence-corrected chi connectivity index (χ2v) is 7.55. The van der Waals surface area contributed by atoms with Crippen molar-refractivity contribution in [2.45, 2.75) is 13.0 Å². The highest BCUT2D eigenvalue weighted by Gasteiger charge is 2.20. The molecule has 0 aliphatic rings. The van der Waals surface area contributed by atoms with E-state index in [1.165, 1.54) is 0 Å². The van der Waals surface area contributed by atoms with Gasteiger partial charge in [0.2, 0.25) is 0 Å². The molecule has 0 saturated heterocycles. The molecule has 172 valence electrons. The molecule has 1 amide bonds. The first-order valence-electron chi connectivity index (χ1n) is 10.7. The highest BCUT2D eigenvalue weighted by Crippen LogP contribution is 2.24. The zero-order chi connectivity index (χ0) is 24.1. The lowest BCUT2D eigenvalue weighted by molar-refractivity contribution is -0.124. The number of amides is 1. The Kier molecular flexibility index (Phi) is 6.68. The summed E-state index contributed by atoms with van der Waals surface area (Å²) in [6, 6.07) is 22.4. The first kappa shape index (κ1) is 22.7. The minimum absolute atomic E-state index is 0.0513. The summed E-state index contributed by atoms with van der Waals surface area (Å²) < 4.78 is 11.7. The number of carbonyl (C=O) groups is 2. The largest absolute Gasteiger partial charge is 0.496 e. The van der Waals surface area contributed by atoms with Gasteiger partial charge in [-0.1, -0.05) is 54.6 Å². The van der Waals surface area contributed by atoms with E-state index in [0.29, 0.717) is 22.2 Å². The zero-order valence-electron chi connectivity index (χ0n) is 18.7. The number of fused-ring (bicyclic) bond motifs is 1. The first-order valence-corrected chi connectivity index (χ1v) is 10.7. The molecule has 1 heterocycles. The molecular formula is C26H23N3O5. The predicted molar refractivity (Wildman–Crippen MR) is 127 cm³/mol. The van der Waals surface area contributed by atoms with Crippen LogP contribution in [0.2, 0.25) is 0 Å². The number of para-hydroxylation sites is 2. The minimum Gasteiger partial charge on any atom is -0.496 e. The maximum absolute atomic E-state index is 13.0. The van der Waals surface area contributed by atoms with Gasteiger partial charge in [-0.25, -0.2) is 4.79 Å². The van der Waals surface area contributed by atoms with E-state index in [0.717, 1.165) is 10.2 Å². The van der Waals surface area contributed by atoms with E-state index in [2.05, 4.69) is 10.4 Å². The summed E-state index contributed by atoms with van der Waals surface area (Å²) >= 11 is 0. The molecule has 0 aliphatic carbocycles. The van der Waals surface area contributed by atoms with Gasteiger partial charge in [-0.2, -0.15) is 9.78 Å². The highest BCUT2D eigenvalue weighted by atomic mass is 16.5. The lowest BCUT2D eigenvalue weighted by Gasteiger charge is -2.17. The number of esters is 1. The summed E-state index contributed by atoms with van der Waals surface area (Å²) in [5.41, 5.74) is 0.898. The van der Waals surface area contributed by atoms with Crippen molar-refractivity contribution in [1.29, 1.82) is 0 Å². The summed E-state index contributed by atoms with van der Waals surface area (Å²) in [7, 11) is 1.56. The van der Waals surface area contributed by atoms with Crippen molar-refractivity contribution >= 4 is 22.6 Å². The van der Waals surface area contributed by atoms with E-state index < -0.39 is 18.5 Å². The standard InChI is InChI=1S/C26H23N3O5/c1-17(19-12-8-9-15-22(19)33-2)27-23(30)16-34-26(32)24-20-13-6-7-14-21(20)25(31)29(28-24)18-10-4-3-5-11-18/h3-15,17H,16H2,1-2H3,(H,27,30). The van der Waals surface area contributed by atoms with Gasteiger partial charge in [-0.3, -0.25) is 9.59 Å². The Hall–Kier alpha value is -4.46. The van der Waals surface area contributed by atoms with Crippen LogP contribution in [0.15, 0.2) is 83.7 Å². The third-order valence-corrected chi connectivity index (χ3v) is 5.32. The van der Waals surface area contributed by atoms with Crippen LogP contribution in [0.4, 0.5) is 0 Å². The summed E-state index contributed by atoms with van der Waals surface area (Å²) in [6.07, 6.45) is 0. The van der Waals surface area contributed by atoms with Crippen molar-refractivity contribution < 1.29 is 19.1 Å². The van der Waals surface area contributed by atoms with E-state index in [1.54, 1.807) is 61.7 Å². The fourth-order valence-electron chi connectivity index (χ4n) is 3.67. The maximum Gasteiger partial charge on any atom is 0.359 e. The molecule has 1 atom stereocenters. The normalized spacial score (nSPS) is 11.6. The van der Waals surface area contributed by atoms with Crippen molar-refractivity contribution in [2.24, 2.45) is 0 Å². The molecule has 0 bridgehead atoms. The highest BCUT2D eigenvalue weighted by molar-refractivity contribution is 6.02. The Morgan fingerprint density at radius 2 is 1.59 bits per heavy atom. The number of hydrogen-bond acceptors (Lipinski definition) is 6. The van der Waals surface area contributed by atoms with E-state index in [1.807, 2.05) is 31.2 Å². The lowest BCUT2D eigenvalue weighted by atomic mass is 10.1. The number of hydrogen-bond donors (Lipinski definition) is 1. The number of ether oxygens (including phenoxy) is 2. The Bertz CT molecular complexity index is 1400. The van der Waals surface area contributed by atoms with Gasteiger partial charge in [-0.05, 0) is 31.2 Å². The molecule has 8 nitrogen and oxygen atoms in total. The number of nitrogens with one attached hydrogen (secondary N) is 1. The smallest absolute Gasteiger partial charge is 0.359 e. The number of nitrogens with zero attached hydrogens (tertiary/aromatic N) is 2. The summed E-state index contributed by atoms with van der Waals surface area (Å²) in [4.78, 5) is 38.3. The van der Waals surface area contributed by atoms with E-state index in [4.69, 9.17) is 9.47 Å². The van der Waals surface area contributed by atoms with Crippen LogP contribution >= 0.6 is 0 Å². The molecule has 0 fully saturated rings. The van der Waals surface area contributed by atoms with Crippen LogP contribution in [-0.2, 0) is 9.53 Å². The molecule has 34 heavy (non-hydrogen) atoms. The van der Waals surface area contributed by atoms with Gasteiger partial charge in [0.05, 0.1) is 24.2 Å². The zero-order valence-corrected chi connectivity index (χ0v) is 18.7. The fourth-order valence-corrected chi connectivity index (χ4v) is 3.67. The number of carbonyl (C=O) groups excluding carboxylic acids is 2. The van der Waals surface area contributed by atoms with Crippen LogP contribution in [0.3, 0.4) is 0 Å². The van der Waals surface area contributed by atoms with Crippen molar-refractivity contribution in [1.82, 2.24) is 15.1 Å². The Morgan fingerprint density at radius 3 is 2.32 bits per heavy atom. The van der Waals surface area contributed by atoms with Crippen LogP contribution in [0, 0.1) is 0 Å². The van der Waals surface area contributed by atoms with Gasteiger partial charge in [0.1, 0.15) is 5.75 Å². The molecule has 4 aromatic rings. The second-order valence-electron chi connectivity index (χ2n) is 7.55. The van der Waals surface area contributed by atoms with Crippen molar-refractivity contribution in [3.63, 3.8) is 0 Å². The van der Waals surface area contributed by atoms with Crippen molar-refractivity contribution in [3.05, 3.63) is 100 Å². The lowest BCUT2D eigenvalue weighted by Crippen LogP contribution is -2.32. The third kappa shape index (κ3) is 4.66. The molecular weight excluding hydrogens is 434 g/mol. The van der Waals surface area contributed by atoms with Gasteiger partial charge in [0, 0.05) is 10.9 Å². The van der Waals surface area contributed by atoms with Crippen LogP contribution in [-0.4, -0.2) is 35.4 Å². The quantitative estimate of drug-likeness (QED) is 0.427.